The Morgan fingerprint density at radius 1 is 1.31 bits per heavy atom. The van der Waals surface area contributed by atoms with Gasteiger partial charge in [0.1, 0.15) is 5.75 Å². The molecular formula is C13H16O3. The molecule has 3 heteroatoms. The number of hydrogen-bond acceptors (Lipinski definition) is 3. The van der Waals surface area contributed by atoms with Gasteiger partial charge in [-0.2, -0.15) is 0 Å². The molecule has 3 nitrogen and oxygen atoms in total. The van der Waals surface area contributed by atoms with Crippen LogP contribution in [0, 0.1) is 5.92 Å². The van der Waals surface area contributed by atoms with Crippen LogP contribution in [0.15, 0.2) is 24.3 Å². The van der Waals surface area contributed by atoms with E-state index in [1.807, 2.05) is 18.2 Å². The van der Waals surface area contributed by atoms with Gasteiger partial charge >= 0.3 is 0 Å². The zero-order valence-electron chi connectivity index (χ0n) is 9.39. The van der Waals surface area contributed by atoms with Crippen LogP contribution in [-0.2, 0) is 9.47 Å². The fourth-order valence-corrected chi connectivity index (χ4v) is 2.67. The van der Waals surface area contributed by atoms with E-state index in [4.69, 9.17) is 14.2 Å². The highest BCUT2D eigenvalue weighted by Gasteiger charge is 2.40. The molecule has 0 aliphatic carbocycles. The van der Waals surface area contributed by atoms with Crippen molar-refractivity contribution in [1.29, 1.82) is 0 Å². The SMILES string of the molecule is CO[C@@H]1c2ccccc2O[C@@H]2OCCC[C@@H]21. The van der Waals surface area contributed by atoms with Crippen molar-refractivity contribution in [2.45, 2.75) is 25.2 Å². The number of hydrogen-bond donors (Lipinski definition) is 0. The summed E-state index contributed by atoms with van der Waals surface area (Å²) in [6.45, 7) is 0.791. The van der Waals surface area contributed by atoms with E-state index < -0.39 is 0 Å². The highest BCUT2D eigenvalue weighted by atomic mass is 16.7. The maximum absolute atomic E-state index is 5.87. The van der Waals surface area contributed by atoms with Crippen molar-refractivity contribution in [2.24, 2.45) is 5.92 Å². The van der Waals surface area contributed by atoms with Crippen LogP contribution in [0.25, 0.3) is 0 Å². The average molecular weight is 220 g/mol. The molecular weight excluding hydrogens is 204 g/mol. The van der Waals surface area contributed by atoms with Crippen LogP contribution < -0.4 is 4.74 Å². The van der Waals surface area contributed by atoms with Crippen LogP contribution in [0.4, 0.5) is 0 Å². The van der Waals surface area contributed by atoms with Gasteiger partial charge in [-0.3, -0.25) is 0 Å². The Morgan fingerprint density at radius 3 is 3.06 bits per heavy atom. The van der Waals surface area contributed by atoms with E-state index in [2.05, 4.69) is 6.07 Å². The summed E-state index contributed by atoms with van der Waals surface area (Å²) < 4.78 is 17.2. The summed E-state index contributed by atoms with van der Waals surface area (Å²) >= 11 is 0. The molecule has 0 bridgehead atoms. The van der Waals surface area contributed by atoms with Crippen LogP contribution in [0.2, 0.25) is 0 Å². The standard InChI is InChI=1S/C13H16O3/c1-14-12-9-5-2-3-7-11(9)16-13-10(12)6-4-8-15-13/h2-3,5,7,10,12-13H,4,6,8H2,1H3/t10-,12-,13+/m1/s1. The summed E-state index contributed by atoms with van der Waals surface area (Å²) in [5.74, 6) is 1.23. The van der Waals surface area contributed by atoms with Gasteiger partial charge in [-0.15, -0.1) is 0 Å². The molecule has 86 valence electrons. The van der Waals surface area contributed by atoms with E-state index in [1.54, 1.807) is 7.11 Å². The molecule has 0 amide bonds. The molecule has 1 aromatic carbocycles. The first-order valence-corrected chi connectivity index (χ1v) is 5.80. The Morgan fingerprint density at radius 2 is 2.19 bits per heavy atom. The molecule has 2 aliphatic rings. The lowest BCUT2D eigenvalue weighted by molar-refractivity contribution is -0.185. The molecule has 2 aliphatic heterocycles. The predicted octanol–water partition coefficient (Wildman–Crippen LogP) is 2.52. The van der Waals surface area contributed by atoms with Crippen molar-refractivity contribution in [3.8, 4) is 5.75 Å². The molecule has 0 spiro atoms. The topological polar surface area (TPSA) is 27.7 Å². The lowest BCUT2D eigenvalue weighted by Gasteiger charge is -2.40. The van der Waals surface area contributed by atoms with Gasteiger partial charge in [0.05, 0.1) is 18.6 Å². The molecule has 1 saturated heterocycles. The summed E-state index contributed by atoms with van der Waals surface area (Å²) in [7, 11) is 1.76. The first kappa shape index (κ1) is 10.1. The molecule has 1 fully saturated rings. The van der Waals surface area contributed by atoms with Gasteiger partial charge in [-0.1, -0.05) is 18.2 Å². The number of para-hydroxylation sites is 1. The smallest absolute Gasteiger partial charge is 0.205 e. The first-order chi connectivity index (χ1) is 7.90. The van der Waals surface area contributed by atoms with Crippen LogP contribution >= 0.6 is 0 Å². The van der Waals surface area contributed by atoms with Gasteiger partial charge < -0.3 is 14.2 Å². The number of methoxy groups -OCH3 is 1. The Balaban J connectivity index is 1.99. The van der Waals surface area contributed by atoms with Gasteiger partial charge in [-0.05, 0) is 18.9 Å². The number of benzene rings is 1. The normalized spacial score (nSPS) is 32.4. The summed E-state index contributed by atoms with van der Waals surface area (Å²) in [5, 5.41) is 0. The Hall–Kier alpha value is -1.06. The fourth-order valence-electron chi connectivity index (χ4n) is 2.67. The van der Waals surface area contributed by atoms with Gasteiger partial charge in [0.25, 0.3) is 0 Å². The molecule has 3 rings (SSSR count). The van der Waals surface area contributed by atoms with E-state index in [9.17, 15) is 0 Å². The Bertz CT molecular complexity index is 377. The highest BCUT2D eigenvalue weighted by Crippen LogP contribution is 2.44. The number of fused-ring (bicyclic) bond motifs is 2. The summed E-state index contributed by atoms with van der Waals surface area (Å²) in [4.78, 5) is 0. The van der Waals surface area contributed by atoms with Crippen LogP contribution in [-0.4, -0.2) is 20.0 Å². The van der Waals surface area contributed by atoms with Crippen molar-refractivity contribution in [1.82, 2.24) is 0 Å². The predicted molar refractivity (Wildman–Crippen MR) is 59.3 cm³/mol. The quantitative estimate of drug-likeness (QED) is 0.727. The first-order valence-electron chi connectivity index (χ1n) is 5.80. The zero-order chi connectivity index (χ0) is 11.0. The maximum Gasteiger partial charge on any atom is 0.205 e. The third-order valence-electron chi connectivity index (χ3n) is 3.42. The van der Waals surface area contributed by atoms with E-state index in [0.717, 1.165) is 30.8 Å². The maximum atomic E-state index is 5.87. The van der Waals surface area contributed by atoms with Gasteiger partial charge in [-0.25, -0.2) is 0 Å². The molecule has 0 saturated carbocycles. The summed E-state index contributed by atoms with van der Waals surface area (Å²) in [6, 6.07) is 8.07. The highest BCUT2D eigenvalue weighted by molar-refractivity contribution is 5.37. The third-order valence-corrected chi connectivity index (χ3v) is 3.42. The van der Waals surface area contributed by atoms with Crippen molar-refractivity contribution in [3.05, 3.63) is 29.8 Å². The average Bonchev–Trinajstić information content (AvgIpc) is 2.36. The second kappa shape index (κ2) is 4.07. The lowest BCUT2D eigenvalue weighted by Crippen LogP contribution is -2.41. The Labute approximate surface area is 95.3 Å². The zero-order valence-corrected chi connectivity index (χ0v) is 9.39. The van der Waals surface area contributed by atoms with Gasteiger partial charge in [0.2, 0.25) is 6.29 Å². The van der Waals surface area contributed by atoms with Crippen molar-refractivity contribution in [2.75, 3.05) is 13.7 Å². The largest absolute Gasteiger partial charge is 0.464 e. The molecule has 1 aromatic rings. The molecule has 16 heavy (non-hydrogen) atoms. The van der Waals surface area contributed by atoms with E-state index in [-0.39, 0.29) is 12.4 Å². The molecule has 0 aromatic heterocycles. The second-order valence-electron chi connectivity index (χ2n) is 4.36. The van der Waals surface area contributed by atoms with E-state index >= 15 is 0 Å². The van der Waals surface area contributed by atoms with E-state index in [0.29, 0.717) is 5.92 Å². The minimum Gasteiger partial charge on any atom is -0.464 e. The number of ether oxygens (including phenoxy) is 3. The molecule has 0 N–H and O–H groups in total. The van der Waals surface area contributed by atoms with Crippen LogP contribution in [0.1, 0.15) is 24.5 Å². The molecule has 3 atom stereocenters. The van der Waals surface area contributed by atoms with Crippen molar-refractivity contribution in [3.63, 3.8) is 0 Å². The Kier molecular flexibility index (Phi) is 2.58. The summed E-state index contributed by atoms with van der Waals surface area (Å²) in [5.41, 5.74) is 1.15. The second-order valence-corrected chi connectivity index (χ2v) is 4.36. The summed E-state index contributed by atoms with van der Waals surface area (Å²) in [6.07, 6.45) is 2.17. The van der Waals surface area contributed by atoms with Crippen LogP contribution in [0.5, 0.6) is 5.75 Å². The molecule has 0 unspecified atom stereocenters. The van der Waals surface area contributed by atoms with Gasteiger partial charge in [0, 0.05) is 12.7 Å². The van der Waals surface area contributed by atoms with Crippen molar-refractivity contribution >= 4 is 0 Å². The van der Waals surface area contributed by atoms with Crippen molar-refractivity contribution < 1.29 is 14.2 Å². The molecule has 2 heterocycles. The number of rotatable bonds is 1. The van der Waals surface area contributed by atoms with E-state index in [1.165, 1.54) is 0 Å². The fraction of sp³-hybridized carbons (Fsp3) is 0.538. The molecule has 0 radical (unpaired) electrons. The minimum absolute atomic E-state index is 0.107. The third kappa shape index (κ3) is 1.51. The lowest BCUT2D eigenvalue weighted by atomic mass is 9.87. The minimum atomic E-state index is -0.131. The van der Waals surface area contributed by atoms with Gasteiger partial charge in [0.15, 0.2) is 0 Å². The van der Waals surface area contributed by atoms with Crippen LogP contribution in [0.3, 0.4) is 0 Å². The monoisotopic (exact) mass is 220 g/mol.